The number of Topliss-reactive ketones (excluding diaryl/α,β-unsaturated/α-hetero) is 1. The van der Waals surface area contributed by atoms with Gasteiger partial charge in [-0.1, -0.05) is 26.7 Å². The molecular formula is C17H29N3O. The molecule has 118 valence electrons. The molecule has 4 heteroatoms. The topological polar surface area (TPSA) is 38.1 Å². The van der Waals surface area contributed by atoms with Gasteiger partial charge in [-0.2, -0.15) is 5.10 Å². The van der Waals surface area contributed by atoms with Crippen molar-refractivity contribution < 1.29 is 4.79 Å². The fraction of sp³-hybridized carbons (Fsp3) is 0.765. The van der Waals surface area contributed by atoms with Gasteiger partial charge in [0.1, 0.15) is 0 Å². The smallest absolute Gasteiger partial charge is 0.158 e. The summed E-state index contributed by atoms with van der Waals surface area (Å²) in [4.78, 5) is 14.8. The normalized spacial score (nSPS) is 16.8. The van der Waals surface area contributed by atoms with E-state index in [0.717, 1.165) is 18.8 Å². The molecule has 0 unspecified atom stereocenters. The highest BCUT2D eigenvalue weighted by atomic mass is 16.1. The zero-order valence-electron chi connectivity index (χ0n) is 13.9. The third kappa shape index (κ3) is 3.54. The molecule has 1 fully saturated rings. The molecule has 0 bridgehead atoms. The largest absolute Gasteiger partial charge is 0.297 e. The van der Waals surface area contributed by atoms with Gasteiger partial charge in [-0.25, -0.2) is 0 Å². The molecule has 0 atom stereocenters. The summed E-state index contributed by atoms with van der Waals surface area (Å²) in [5.41, 5.74) is 0.493. The van der Waals surface area contributed by atoms with Crippen molar-refractivity contribution in [3.05, 3.63) is 18.0 Å². The molecule has 0 saturated heterocycles. The minimum atomic E-state index is -0.416. The lowest BCUT2D eigenvalue weighted by atomic mass is 9.93. The number of likely N-dealkylation sites (N-methyl/N-ethyl adjacent to an activating group) is 1. The number of hydrogen-bond donors (Lipinski definition) is 0. The Balaban J connectivity index is 2.02. The second-order valence-corrected chi connectivity index (χ2v) is 6.56. The summed E-state index contributed by atoms with van der Waals surface area (Å²) >= 11 is 0. The zero-order valence-corrected chi connectivity index (χ0v) is 13.9. The van der Waals surface area contributed by atoms with Gasteiger partial charge in [-0.3, -0.25) is 14.4 Å². The van der Waals surface area contributed by atoms with Crippen LogP contribution in [0, 0.1) is 0 Å². The van der Waals surface area contributed by atoms with E-state index in [1.165, 1.54) is 25.7 Å². The van der Waals surface area contributed by atoms with Gasteiger partial charge in [-0.05, 0) is 45.8 Å². The van der Waals surface area contributed by atoms with Crippen LogP contribution in [0.15, 0.2) is 12.3 Å². The minimum absolute atomic E-state index is 0.253. The first-order valence-electron chi connectivity index (χ1n) is 8.31. The molecule has 2 rings (SSSR count). The lowest BCUT2D eigenvalue weighted by molar-refractivity contribution is -0.128. The summed E-state index contributed by atoms with van der Waals surface area (Å²) in [6.07, 6.45) is 7.52. The molecule has 0 radical (unpaired) electrons. The Labute approximate surface area is 128 Å². The summed E-state index contributed by atoms with van der Waals surface area (Å²) in [6.45, 7) is 10.0. The Morgan fingerprint density at radius 3 is 2.52 bits per heavy atom. The van der Waals surface area contributed by atoms with Crippen molar-refractivity contribution in [1.29, 1.82) is 0 Å². The number of rotatable bonds is 7. The monoisotopic (exact) mass is 291 g/mol. The first-order valence-corrected chi connectivity index (χ1v) is 8.31. The van der Waals surface area contributed by atoms with Crippen molar-refractivity contribution in [2.45, 2.75) is 71.4 Å². The molecule has 1 aromatic heterocycles. The zero-order chi connectivity index (χ0) is 15.5. The highest BCUT2D eigenvalue weighted by Gasteiger charge is 2.32. The van der Waals surface area contributed by atoms with Crippen LogP contribution in [0.1, 0.15) is 65.1 Å². The van der Waals surface area contributed by atoms with Crippen molar-refractivity contribution >= 4 is 5.78 Å². The third-order valence-corrected chi connectivity index (χ3v) is 4.94. The Bertz CT molecular complexity index is 468. The highest BCUT2D eigenvalue weighted by molar-refractivity contribution is 5.89. The number of carbonyl (C=O) groups excluding carboxylic acids is 1. The van der Waals surface area contributed by atoms with Crippen LogP contribution in [0.4, 0.5) is 0 Å². The lowest BCUT2D eigenvalue weighted by Gasteiger charge is -2.35. The van der Waals surface area contributed by atoms with E-state index in [9.17, 15) is 4.79 Å². The number of aromatic nitrogens is 2. The van der Waals surface area contributed by atoms with E-state index in [1.54, 1.807) is 0 Å². The first-order chi connectivity index (χ1) is 9.98. The Morgan fingerprint density at radius 2 is 1.95 bits per heavy atom. The van der Waals surface area contributed by atoms with Gasteiger partial charge in [-0.15, -0.1) is 0 Å². The van der Waals surface area contributed by atoms with Crippen molar-refractivity contribution in [3.8, 4) is 0 Å². The number of ketones is 1. The summed E-state index contributed by atoms with van der Waals surface area (Å²) in [7, 11) is 0. The van der Waals surface area contributed by atoms with Crippen molar-refractivity contribution in [1.82, 2.24) is 14.7 Å². The fourth-order valence-corrected chi connectivity index (χ4v) is 3.42. The van der Waals surface area contributed by atoms with Crippen LogP contribution in [-0.4, -0.2) is 39.1 Å². The molecule has 1 heterocycles. The van der Waals surface area contributed by atoms with Gasteiger partial charge >= 0.3 is 0 Å². The van der Waals surface area contributed by atoms with Crippen molar-refractivity contribution in [2.24, 2.45) is 0 Å². The van der Waals surface area contributed by atoms with Crippen LogP contribution >= 0.6 is 0 Å². The van der Waals surface area contributed by atoms with Gasteiger partial charge in [0.15, 0.2) is 5.78 Å². The fourth-order valence-electron chi connectivity index (χ4n) is 3.42. The van der Waals surface area contributed by atoms with Gasteiger partial charge in [0.05, 0.1) is 23.7 Å². The van der Waals surface area contributed by atoms with Crippen LogP contribution in [0.3, 0.4) is 0 Å². The summed E-state index contributed by atoms with van der Waals surface area (Å²) in [5, 5.41) is 4.63. The number of carbonyl (C=O) groups is 1. The average molecular weight is 291 g/mol. The van der Waals surface area contributed by atoms with E-state index in [-0.39, 0.29) is 5.78 Å². The van der Waals surface area contributed by atoms with Crippen molar-refractivity contribution in [3.63, 3.8) is 0 Å². The minimum Gasteiger partial charge on any atom is -0.297 e. The lowest BCUT2D eigenvalue weighted by Crippen LogP contribution is -2.50. The molecule has 0 aromatic carbocycles. The van der Waals surface area contributed by atoms with Gasteiger partial charge in [0.2, 0.25) is 0 Å². The molecule has 0 spiro atoms. The molecule has 4 nitrogen and oxygen atoms in total. The Morgan fingerprint density at radius 1 is 1.33 bits per heavy atom. The maximum absolute atomic E-state index is 12.6. The molecule has 1 aliphatic carbocycles. The SMILES string of the molecule is CCN(CC)C(C)(C)C(=O)Cc1ccn(C2CCCC2)n1. The summed E-state index contributed by atoms with van der Waals surface area (Å²) in [5.74, 6) is 0.253. The summed E-state index contributed by atoms with van der Waals surface area (Å²) in [6, 6.07) is 2.55. The summed E-state index contributed by atoms with van der Waals surface area (Å²) < 4.78 is 2.07. The number of nitrogens with zero attached hydrogens (tertiary/aromatic N) is 3. The van der Waals surface area contributed by atoms with Crippen LogP contribution in [-0.2, 0) is 11.2 Å². The molecule has 0 aliphatic heterocycles. The maximum Gasteiger partial charge on any atom is 0.158 e. The second-order valence-electron chi connectivity index (χ2n) is 6.56. The third-order valence-electron chi connectivity index (χ3n) is 4.94. The Hall–Kier alpha value is -1.16. The average Bonchev–Trinajstić information content (AvgIpc) is 3.09. The number of hydrogen-bond acceptors (Lipinski definition) is 3. The molecule has 1 aliphatic rings. The van der Waals surface area contributed by atoms with Gasteiger partial charge in [0.25, 0.3) is 0 Å². The van der Waals surface area contributed by atoms with Crippen molar-refractivity contribution in [2.75, 3.05) is 13.1 Å². The van der Waals surface area contributed by atoms with E-state index >= 15 is 0 Å². The van der Waals surface area contributed by atoms with E-state index in [1.807, 2.05) is 26.1 Å². The quantitative estimate of drug-likeness (QED) is 0.774. The molecule has 21 heavy (non-hydrogen) atoms. The predicted octanol–water partition coefficient (Wildman–Crippen LogP) is 3.23. The van der Waals surface area contributed by atoms with E-state index in [2.05, 4.69) is 28.5 Å². The second kappa shape index (κ2) is 6.73. The van der Waals surface area contributed by atoms with E-state index < -0.39 is 5.54 Å². The van der Waals surface area contributed by atoms with Gasteiger partial charge in [0, 0.05) is 6.20 Å². The molecule has 1 aromatic rings. The maximum atomic E-state index is 12.6. The van der Waals surface area contributed by atoms with Crippen LogP contribution in [0.5, 0.6) is 0 Å². The molecule has 1 saturated carbocycles. The Kier molecular flexibility index (Phi) is 5.20. The van der Waals surface area contributed by atoms with Crippen LogP contribution in [0.2, 0.25) is 0 Å². The van der Waals surface area contributed by atoms with Crippen LogP contribution in [0.25, 0.3) is 0 Å². The molecule has 0 amide bonds. The predicted molar refractivity (Wildman–Crippen MR) is 85.4 cm³/mol. The molecular weight excluding hydrogens is 262 g/mol. The first kappa shape index (κ1) is 16.2. The highest BCUT2D eigenvalue weighted by Crippen LogP contribution is 2.28. The van der Waals surface area contributed by atoms with Crippen LogP contribution < -0.4 is 0 Å². The standard InChI is InChI=1S/C17H29N3O/c1-5-19(6-2)17(3,4)16(21)13-14-11-12-20(18-14)15-9-7-8-10-15/h11-12,15H,5-10,13H2,1-4H3. The molecule has 0 N–H and O–H groups in total. The van der Waals surface area contributed by atoms with Gasteiger partial charge < -0.3 is 0 Å². The van der Waals surface area contributed by atoms with E-state index in [4.69, 9.17) is 0 Å². The van der Waals surface area contributed by atoms with E-state index in [0.29, 0.717) is 12.5 Å².